The molecule has 0 amide bonds. The minimum Gasteiger partial charge on any atom is -0.310 e. The molecule has 108 valence electrons. The van der Waals surface area contributed by atoms with Crippen molar-refractivity contribution in [2.75, 3.05) is 6.54 Å². The van der Waals surface area contributed by atoms with Gasteiger partial charge in [0.2, 0.25) is 0 Å². The molecule has 0 aliphatic heterocycles. The van der Waals surface area contributed by atoms with E-state index in [0.717, 1.165) is 34.3 Å². The summed E-state index contributed by atoms with van der Waals surface area (Å²) in [5.74, 6) is 1.01. The molecule has 6 heteroatoms. The standard InChI is InChI=1S/C14H18Br2N4/c1-3-17-13(8-14-18-9-19-20(14)4-2)10-5-11(15)7-12(16)6-10/h5-7,9,13,17H,3-4,8H2,1-2H3. The predicted molar refractivity (Wildman–Crippen MR) is 87.7 cm³/mol. The average molecular weight is 402 g/mol. The van der Waals surface area contributed by atoms with Crippen LogP contribution < -0.4 is 5.32 Å². The molecule has 20 heavy (non-hydrogen) atoms. The third-order valence-corrected chi connectivity index (χ3v) is 4.04. The summed E-state index contributed by atoms with van der Waals surface area (Å²) in [6, 6.07) is 6.56. The van der Waals surface area contributed by atoms with Gasteiger partial charge >= 0.3 is 0 Å². The van der Waals surface area contributed by atoms with E-state index in [0.29, 0.717) is 0 Å². The Kier molecular flexibility index (Phi) is 5.74. The van der Waals surface area contributed by atoms with E-state index < -0.39 is 0 Å². The van der Waals surface area contributed by atoms with Gasteiger partial charge in [-0.2, -0.15) is 5.10 Å². The number of aromatic nitrogens is 3. The summed E-state index contributed by atoms with van der Waals surface area (Å²) in [5, 5.41) is 7.76. The van der Waals surface area contributed by atoms with E-state index in [9.17, 15) is 0 Å². The number of rotatable bonds is 6. The Labute approximate surface area is 136 Å². The van der Waals surface area contributed by atoms with Crippen molar-refractivity contribution < 1.29 is 0 Å². The number of benzene rings is 1. The van der Waals surface area contributed by atoms with E-state index in [1.165, 1.54) is 5.56 Å². The summed E-state index contributed by atoms with van der Waals surface area (Å²) in [4.78, 5) is 4.37. The van der Waals surface area contributed by atoms with Gasteiger partial charge < -0.3 is 5.32 Å². The number of hydrogen-bond donors (Lipinski definition) is 1. The van der Waals surface area contributed by atoms with Gasteiger partial charge in [-0.3, -0.25) is 4.68 Å². The fourth-order valence-corrected chi connectivity index (χ4v) is 3.55. The van der Waals surface area contributed by atoms with Crippen molar-refractivity contribution in [3.63, 3.8) is 0 Å². The summed E-state index contributed by atoms with van der Waals surface area (Å²) in [6.45, 7) is 5.95. The molecule has 1 heterocycles. The van der Waals surface area contributed by atoms with Crippen LogP contribution in [0.25, 0.3) is 0 Å². The molecule has 1 unspecified atom stereocenters. The fourth-order valence-electron chi connectivity index (χ4n) is 2.22. The molecule has 0 bridgehead atoms. The minimum atomic E-state index is 0.225. The van der Waals surface area contributed by atoms with Crippen LogP contribution in [0.3, 0.4) is 0 Å². The Morgan fingerprint density at radius 1 is 1.20 bits per heavy atom. The van der Waals surface area contributed by atoms with E-state index in [1.807, 2.05) is 10.7 Å². The highest BCUT2D eigenvalue weighted by atomic mass is 79.9. The topological polar surface area (TPSA) is 42.7 Å². The zero-order chi connectivity index (χ0) is 14.5. The van der Waals surface area contributed by atoms with Gasteiger partial charge in [0, 0.05) is 28.0 Å². The molecule has 0 fully saturated rings. The number of hydrogen-bond acceptors (Lipinski definition) is 3. The Morgan fingerprint density at radius 3 is 2.50 bits per heavy atom. The van der Waals surface area contributed by atoms with Gasteiger partial charge in [0.05, 0.1) is 0 Å². The normalized spacial score (nSPS) is 12.6. The Morgan fingerprint density at radius 2 is 1.90 bits per heavy atom. The Balaban J connectivity index is 2.26. The first kappa shape index (κ1) is 15.7. The van der Waals surface area contributed by atoms with Crippen molar-refractivity contribution in [2.45, 2.75) is 32.9 Å². The van der Waals surface area contributed by atoms with Gasteiger partial charge in [-0.25, -0.2) is 4.98 Å². The van der Waals surface area contributed by atoms with Crippen LogP contribution in [0.15, 0.2) is 33.5 Å². The highest BCUT2D eigenvalue weighted by molar-refractivity contribution is 9.11. The third-order valence-electron chi connectivity index (χ3n) is 3.12. The zero-order valence-corrected chi connectivity index (χ0v) is 14.8. The van der Waals surface area contributed by atoms with E-state index >= 15 is 0 Å². The summed E-state index contributed by atoms with van der Waals surface area (Å²) in [7, 11) is 0. The molecule has 1 aromatic heterocycles. The van der Waals surface area contributed by atoms with E-state index in [1.54, 1.807) is 6.33 Å². The lowest BCUT2D eigenvalue weighted by Gasteiger charge is -2.19. The molecule has 0 aliphatic carbocycles. The Hall–Kier alpha value is -0.720. The van der Waals surface area contributed by atoms with Gasteiger partial charge in [-0.05, 0) is 37.2 Å². The maximum absolute atomic E-state index is 4.37. The molecule has 0 radical (unpaired) electrons. The maximum atomic E-state index is 4.37. The third kappa shape index (κ3) is 3.90. The first-order valence-electron chi connectivity index (χ1n) is 6.70. The maximum Gasteiger partial charge on any atom is 0.138 e. The zero-order valence-electron chi connectivity index (χ0n) is 11.6. The molecule has 0 aliphatic rings. The number of nitrogens with one attached hydrogen (secondary N) is 1. The molecule has 0 spiro atoms. The van der Waals surface area contributed by atoms with Crippen LogP contribution in [0.1, 0.15) is 31.3 Å². The molecule has 2 aromatic rings. The van der Waals surface area contributed by atoms with Crippen molar-refractivity contribution in [3.8, 4) is 0 Å². The second-order valence-electron chi connectivity index (χ2n) is 4.51. The summed E-state index contributed by atoms with van der Waals surface area (Å²) >= 11 is 7.10. The van der Waals surface area contributed by atoms with Crippen molar-refractivity contribution in [3.05, 3.63) is 44.9 Å². The fraction of sp³-hybridized carbons (Fsp3) is 0.429. The predicted octanol–water partition coefficient (Wildman–Crippen LogP) is 3.72. The van der Waals surface area contributed by atoms with Gasteiger partial charge in [0.25, 0.3) is 0 Å². The van der Waals surface area contributed by atoms with Crippen molar-refractivity contribution >= 4 is 31.9 Å². The highest BCUT2D eigenvalue weighted by Crippen LogP contribution is 2.26. The van der Waals surface area contributed by atoms with E-state index in [4.69, 9.17) is 0 Å². The lowest BCUT2D eigenvalue weighted by atomic mass is 10.0. The molecule has 1 atom stereocenters. The van der Waals surface area contributed by atoms with E-state index in [-0.39, 0.29) is 6.04 Å². The number of likely N-dealkylation sites (N-methyl/N-ethyl adjacent to an activating group) is 1. The van der Waals surface area contributed by atoms with Gasteiger partial charge in [0.1, 0.15) is 12.2 Å². The van der Waals surface area contributed by atoms with Crippen LogP contribution in [-0.2, 0) is 13.0 Å². The van der Waals surface area contributed by atoms with Crippen molar-refractivity contribution in [2.24, 2.45) is 0 Å². The lowest BCUT2D eigenvalue weighted by Crippen LogP contribution is -2.24. The minimum absolute atomic E-state index is 0.225. The molecule has 4 nitrogen and oxygen atoms in total. The van der Waals surface area contributed by atoms with Crippen molar-refractivity contribution in [1.82, 2.24) is 20.1 Å². The first-order chi connectivity index (χ1) is 9.63. The Bertz CT molecular complexity index is 548. The van der Waals surface area contributed by atoms with E-state index in [2.05, 4.69) is 73.2 Å². The number of nitrogens with zero attached hydrogens (tertiary/aromatic N) is 3. The molecular weight excluding hydrogens is 384 g/mol. The quantitative estimate of drug-likeness (QED) is 0.801. The second-order valence-corrected chi connectivity index (χ2v) is 6.34. The first-order valence-corrected chi connectivity index (χ1v) is 8.28. The van der Waals surface area contributed by atoms with Crippen LogP contribution in [0.5, 0.6) is 0 Å². The van der Waals surface area contributed by atoms with Crippen LogP contribution in [0, 0.1) is 0 Å². The molecule has 0 saturated heterocycles. The number of halogens is 2. The molecule has 0 saturated carbocycles. The molecule has 2 rings (SSSR count). The van der Waals surface area contributed by atoms with Crippen molar-refractivity contribution in [1.29, 1.82) is 0 Å². The SMILES string of the molecule is CCNC(Cc1ncnn1CC)c1cc(Br)cc(Br)c1. The molecule has 1 aromatic carbocycles. The average Bonchev–Trinajstić information content (AvgIpc) is 2.84. The molecular formula is C14H18Br2N4. The summed E-state index contributed by atoms with van der Waals surface area (Å²) < 4.78 is 4.08. The lowest BCUT2D eigenvalue weighted by molar-refractivity contribution is 0.509. The van der Waals surface area contributed by atoms with Crippen LogP contribution in [-0.4, -0.2) is 21.3 Å². The van der Waals surface area contributed by atoms with Gasteiger partial charge in [0.15, 0.2) is 0 Å². The summed E-state index contributed by atoms with van der Waals surface area (Å²) in [5.41, 5.74) is 1.23. The molecule has 1 N–H and O–H groups in total. The summed E-state index contributed by atoms with van der Waals surface area (Å²) in [6.07, 6.45) is 2.45. The second kappa shape index (κ2) is 7.33. The monoisotopic (exact) mass is 400 g/mol. The largest absolute Gasteiger partial charge is 0.310 e. The smallest absolute Gasteiger partial charge is 0.138 e. The number of aryl methyl sites for hydroxylation is 1. The van der Waals surface area contributed by atoms with Gasteiger partial charge in [-0.15, -0.1) is 0 Å². The van der Waals surface area contributed by atoms with Crippen LogP contribution >= 0.6 is 31.9 Å². The van der Waals surface area contributed by atoms with Crippen LogP contribution in [0.2, 0.25) is 0 Å². The van der Waals surface area contributed by atoms with Crippen LogP contribution in [0.4, 0.5) is 0 Å². The highest BCUT2D eigenvalue weighted by Gasteiger charge is 2.15. The van der Waals surface area contributed by atoms with Gasteiger partial charge in [-0.1, -0.05) is 38.8 Å².